The van der Waals surface area contributed by atoms with Gasteiger partial charge in [0.15, 0.2) is 5.58 Å². The number of hydrogen-bond donors (Lipinski definition) is 0. The Morgan fingerprint density at radius 3 is 1.44 bits per heavy atom. The second-order valence-electron chi connectivity index (χ2n) is 15.1. The van der Waals surface area contributed by atoms with Crippen LogP contribution in [0.2, 0.25) is 0 Å². The molecule has 0 fully saturated rings. The average molecular weight is 755 g/mol. The van der Waals surface area contributed by atoms with E-state index in [1.807, 2.05) is 12.1 Å². The van der Waals surface area contributed by atoms with E-state index in [0.29, 0.717) is 5.89 Å². The molecular weight excluding hydrogens is 717 g/mol. The van der Waals surface area contributed by atoms with Crippen molar-refractivity contribution in [3.05, 3.63) is 253 Å². The molecule has 1 heterocycles. The predicted molar refractivity (Wildman–Crippen MR) is 242 cm³/mol. The lowest BCUT2D eigenvalue weighted by Crippen LogP contribution is -2.28. The Labute approximate surface area is 344 Å². The first-order valence-corrected chi connectivity index (χ1v) is 20.1. The average Bonchev–Trinajstić information content (AvgIpc) is 3.88. The summed E-state index contributed by atoms with van der Waals surface area (Å²) in [4.78, 5) is 7.41. The van der Waals surface area contributed by atoms with Gasteiger partial charge in [0.25, 0.3) is 0 Å². The standard InChI is InChI=1S/C56H38N2O/c1-5-15-39(16-6-1)41-25-27-43(28-26-41)55-57-53-38-48(34-36-54(53)59-55)58(46-31-29-42(30-32-46)40-17-7-2-8-18-40)47-33-35-50-49-23-13-14-24-51(49)56(52(50)37-47,44-19-9-3-10-20-44)45-21-11-4-12-22-45/h1-38H. The summed E-state index contributed by atoms with van der Waals surface area (Å²) in [5, 5.41) is 0. The number of nitrogens with zero attached hydrogens (tertiary/aromatic N) is 2. The molecule has 0 radical (unpaired) electrons. The minimum Gasteiger partial charge on any atom is -0.436 e. The van der Waals surface area contributed by atoms with Crippen molar-refractivity contribution >= 4 is 28.2 Å². The molecule has 1 aromatic heterocycles. The van der Waals surface area contributed by atoms with Crippen molar-refractivity contribution in [2.75, 3.05) is 4.90 Å². The van der Waals surface area contributed by atoms with Crippen LogP contribution in [-0.2, 0) is 5.41 Å². The Hall–Kier alpha value is -7.75. The minimum atomic E-state index is -0.520. The third-order valence-corrected chi connectivity index (χ3v) is 11.8. The van der Waals surface area contributed by atoms with E-state index in [1.54, 1.807) is 0 Å². The Morgan fingerprint density at radius 1 is 0.356 bits per heavy atom. The van der Waals surface area contributed by atoms with Gasteiger partial charge in [-0.3, -0.25) is 0 Å². The van der Waals surface area contributed by atoms with Crippen molar-refractivity contribution < 1.29 is 4.42 Å². The van der Waals surface area contributed by atoms with Gasteiger partial charge in [0.05, 0.1) is 5.41 Å². The fraction of sp³-hybridized carbons (Fsp3) is 0.0179. The van der Waals surface area contributed by atoms with Gasteiger partial charge in [-0.05, 0) is 110 Å². The van der Waals surface area contributed by atoms with E-state index < -0.39 is 5.41 Å². The number of oxazole rings is 1. The molecule has 0 saturated carbocycles. The molecular formula is C56H38N2O. The maximum absolute atomic E-state index is 6.40. The van der Waals surface area contributed by atoms with Crippen LogP contribution < -0.4 is 4.90 Å². The van der Waals surface area contributed by atoms with Crippen molar-refractivity contribution in [3.8, 4) is 44.8 Å². The number of rotatable bonds is 8. The highest BCUT2D eigenvalue weighted by molar-refractivity contribution is 5.91. The van der Waals surface area contributed by atoms with Gasteiger partial charge in [-0.15, -0.1) is 0 Å². The van der Waals surface area contributed by atoms with Crippen LogP contribution in [0.25, 0.3) is 55.9 Å². The minimum absolute atomic E-state index is 0.520. The van der Waals surface area contributed by atoms with Crippen LogP contribution in [0, 0.1) is 0 Å². The molecule has 59 heavy (non-hydrogen) atoms. The first-order valence-electron chi connectivity index (χ1n) is 20.1. The molecule has 1 aliphatic carbocycles. The summed E-state index contributed by atoms with van der Waals surface area (Å²) in [6, 6.07) is 82.4. The Morgan fingerprint density at radius 2 is 0.814 bits per heavy atom. The van der Waals surface area contributed by atoms with Crippen LogP contribution in [0.3, 0.4) is 0 Å². The van der Waals surface area contributed by atoms with Gasteiger partial charge in [-0.1, -0.05) is 176 Å². The van der Waals surface area contributed by atoms with E-state index >= 15 is 0 Å². The zero-order valence-corrected chi connectivity index (χ0v) is 32.2. The maximum Gasteiger partial charge on any atom is 0.227 e. The number of benzene rings is 9. The molecule has 0 unspecified atom stereocenters. The van der Waals surface area contributed by atoms with E-state index in [-0.39, 0.29) is 0 Å². The first kappa shape index (κ1) is 34.5. The van der Waals surface area contributed by atoms with Crippen LogP contribution >= 0.6 is 0 Å². The summed E-state index contributed by atoms with van der Waals surface area (Å²) < 4.78 is 6.40. The highest BCUT2D eigenvalue weighted by Gasteiger charge is 2.46. The summed E-state index contributed by atoms with van der Waals surface area (Å²) >= 11 is 0. The molecule has 0 saturated heterocycles. The van der Waals surface area contributed by atoms with Crippen molar-refractivity contribution in [2.45, 2.75) is 5.41 Å². The largest absolute Gasteiger partial charge is 0.436 e. The summed E-state index contributed by atoms with van der Waals surface area (Å²) in [6.07, 6.45) is 0. The molecule has 0 N–H and O–H groups in total. The van der Waals surface area contributed by atoms with Crippen LogP contribution in [0.5, 0.6) is 0 Å². The second-order valence-corrected chi connectivity index (χ2v) is 15.1. The summed E-state index contributed by atoms with van der Waals surface area (Å²) in [7, 11) is 0. The van der Waals surface area contributed by atoms with Crippen molar-refractivity contribution in [1.29, 1.82) is 0 Å². The molecule has 0 atom stereocenters. The summed E-state index contributed by atoms with van der Waals surface area (Å²) in [5.74, 6) is 0.598. The van der Waals surface area contributed by atoms with E-state index in [2.05, 4.69) is 223 Å². The number of fused-ring (bicyclic) bond motifs is 4. The summed E-state index contributed by atoms with van der Waals surface area (Å²) in [6.45, 7) is 0. The van der Waals surface area contributed by atoms with Gasteiger partial charge in [-0.2, -0.15) is 0 Å². The Balaban J connectivity index is 1.07. The molecule has 11 rings (SSSR count). The third kappa shape index (κ3) is 5.86. The van der Waals surface area contributed by atoms with Gasteiger partial charge in [0.1, 0.15) is 5.52 Å². The lowest BCUT2D eigenvalue weighted by Gasteiger charge is -2.35. The number of aromatic nitrogens is 1. The maximum atomic E-state index is 6.40. The Kier molecular flexibility index (Phi) is 8.37. The van der Waals surface area contributed by atoms with E-state index in [4.69, 9.17) is 9.40 Å². The molecule has 3 nitrogen and oxygen atoms in total. The predicted octanol–water partition coefficient (Wildman–Crippen LogP) is 14.7. The van der Waals surface area contributed by atoms with Crippen LogP contribution in [0.15, 0.2) is 235 Å². The first-order chi connectivity index (χ1) is 29.2. The number of hydrogen-bond acceptors (Lipinski definition) is 3. The highest BCUT2D eigenvalue weighted by atomic mass is 16.3. The second kappa shape index (κ2) is 14.3. The number of anilines is 3. The topological polar surface area (TPSA) is 29.3 Å². The normalized spacial score (nSPS) is 12.5. The molecule has 0 amide bonds. The Bertz CT molecular complexity index is 3030. The van der Waals surface area contributed by atoms with Crippen LogP contribution in [-0.4, -0.2) is 4.98 Å². The van der Waals surface area contributed by atoms with Crippen LogP contribution in [0.4, 0.5) is 17.1 Å². The van der Waals surface area contributed by atoms with E-state index in [0.717, 1.165) is 39.3 Å². The smallest absolute Gasteiger partial charge is 0.227 e. The lowest BCUT2D eigenvalue weighted by atomic mass is 9.67. The van der Waals surface area contributed by atoms with Crippen LogP contribution in [0.1, 0.15) is 22.3 Å². The molecule has 0 bridgehead atoms. The summed E-state index contributed by atoms with van der Waals surface area (Å²) in [5.41, 5.74) is 17.3. The van der Waals surface area contributed by atoms with Gasteiger partial charge in [-0.25, -0.2) is 4.98 Å². The van der Waals surface area contributed by atoms with Gasteiger partial charge in [0.2, 0.25) is 5.89 Å². The van der Waals surface area contributed by atoms with Crippen molar-refractivity contribution in [3.63, 3.8) is 0 Å². The molecule has 3 heteroatoms. The van der Waals surface area contributed by atoms with E-state index in [1.165, 1.54) is 50.1 Å². The SMILES string of the molecule is c1ccc(-c2ccc(-c3nc4cc(N(c5ccc(-c6ccccc6)cc5)c5ccc6c(c5)C(c5ccccc5)(c5ccccc5)c5ccccc5-6)ccc4o3)cc2)cc1. The van der Waals surface area contributed by atoms with Gasteiger partial charge >= 0.3 is 0 Å². The van der Waals surface area contributed by atoms with E-state index in [9.17, 15) is 0 Å². The fourth-order valence-corrected chi connectivity index (χ4v) is 9.07. The molecule has 278 valence electrons. The molecule has 10 aromatic rings. The molecule has 1 aliphatic rings. The zero-order valence-electron chi connectivity index (χ0n) is 32.2. The third-order valence-electron chi connectivity index (χ3n) is 11.8. The van der Waals surface area contributed by atoms with Gasteiger partial charge in [0, 0.05) is 22.6 Å². The quantitative estimate of drug-likeness (QED) is 0.155. The molecule has 0 spiro atoms. The molecule has 9 aromatic carbocycles. The van der Waals surface area contributed by atoms with Crippen molar-refractivity contribution in [2.24, 2.45) is 0 Å². The fourth-order valence-electron chi connectivity index (χ4n) is 9.07. The van der Waals surface area contributed by atoms with Gasteiger partial charge < -0.3 is 9.32 Å². The lowest BCUT2D eigenvalue weighted by molar-refractivity contribution is 0.620. The van der Waals surface area contributed by atoms with Crippen molar-refractivity contribution in [1.82, 2.24) is 4.98 Å². The zero-order chi connectivity index (χ0) is 39.2. The highest BCUT2D eigenvalue weighted by Crippen LogP contribution is 2.57. The monoisotopic (exact) mass is 754 g/mol. The molecule has 0 aliphatic heterocycles.